The zero-order valence-electron chi connectivity index (χ0n) is 16.1. The smallest absolute Gasteiger partial charge is 0.313 e. The Morgan fingerprint density at radius 1 is 1.17 bits per heavy atom. The maximum Gasteiger partial charge on any atom is 0.313 e. The van der Waals surface area contributed by atoms with E-state index in [1.54, 1.807) is 18.2 Å². The second-order valence-corrected chi connectivity index (χ2v) is 7.47. The van der Waals surface area contributed by atoms with Gasteiger partial charge in [0.1, 0.15) is 5.82 Å². The number of carbonyl (C=O) groups is 3. The van der Waals surface area contributed by atoms with Crippen molar-refractivity contribution in [2.75, 3.05) is 23.3 Å². The van der Waals surface area contributed by atoms with Crippen molar-refractivity contribution >= 4 is 29.1 Å². The molecule has 0 spiro atoms. The molecular formula is C22H22FN3O3. The summed E-state index contributed by atoms with van der Waals surface area (Å²) in [5.41, 5.74) is 4.29. The van der Waals surface area contributed by atoms with Gasteiger partial charge >= 0.3 is 11.8 Å². The molecule has 0 fully saturated rings. The largest absolute Gasteiger partial charge is 0.347 e. The van der Waals surface area contributed by atoms with E-state index in [1.165, 1.54) is 12.1 Å². The van der Waals surface area contributed by atoms with Crippen molar-refractivity contribution in [3.8, 4) is 0 Å². The Balaban J connectivity index is 1.39. The van der Waals surface area contributed by atoms with E-state index >= 15 is 0 Å². The van der Waals surface area contributed by atoms with Gasteiger partial charge in [0.05, 0.1) is 11.6 Å². The number of aryl methyl sites for hydroxylation is 1. The fourth-order valence-corrected chi connectivity index (χ4v) is 4.01. The lowest BCUT2D eigenvalue weighted by molar-refractivity contribution is -0.136. The third-order valence-electron chi connectivity index (χ3n) is 5.50. The van der Waals surface area contributed by atoms with Crippen LogP contribution in [0.2, 0.25) is 0 Å². The Morgan fingerprint density at radius 2 is 1.93 bits per heavy atom. The van der Waals surface area contributed by atoms with Crippen molar-refractivity contribution in [1.82, 2.24) is 5.32 Å². The van der Waals surface area contributed by atoms with E-state index in [-0.39, 0.29) is 24.2 Å². The minimum Gasteiger partial charge on any atom is -0.347 e. The summed E-state index contributed by atoms with van der Waals surface area (Å²) in [6, 6.07) is 9.64. The van der Waals surface area contributed by atoms with Crippen LogP contribution in [0.4, 0.5) is 15.8 Å². The lowest BCUT2D eigenvalue weighted by atomic mass is 9.96. The van der Waals surface area contributed by atoms with Crippen LogP contribution < -0.4 is 15.5 Å². The molecule has 3 amide bonds. The standard InChI is InChI=1S/C22H22FN3O3/c1-13-18-12-17(11-15-3-2-10-26(19(15)18)22(13)29)25-21(28)20(27)24-9-8-14-4-6-16(23)7-5-14/h4-7,11-13H,2-3,8-10H2,1H3,(H,24,27)(H,25,28). The monoisotopic (exact) mass is 395 g/mol. The van der Waals surface area contributed by atoms with Gasteiger partial charge in [-0.15, -0.1) is 0 Å². The van der Waals surface area contributed by atoms with Gasteiger partial charge in [-0.1, -0.05) is 12.1 Å². The third kappa shape index (κ3) is 3.72. The first kappa shape index (κ1) is 19.1. The maximum atomic E-state index is 12.9. The Bertz CT molecular complexity index is 988. The highest BCUT2D eigenvalue weighted by atomic mass is 19.1. The van der Waals surface area contributed by atoms with Crippen molar-refractivity contribution in [2.24, 2.45) is 0 Å². The number of carbonyl (C=O) groups excluding carboxylic acids is 3. The van der Waals surface area contributed by atoms with Gasteiger partial charge in [0, 0.05) is 18.8 Å². The van der Waals surface area contributed by atoms with E-state index in [1.807, 2.05) is 17.9 Å². The predicted molar refractivity (Wildman–Crippen MR) is 107 cm³/mol. The molecule has 0 bridgehead atoms. The number of nitrogens with zero attached hydrogens (tertiary/aromatic N) is 1. The molecule has 2 heterocycles. The number of halogens is 1. The molecule has 1 atom stereocenters. The first-order chi connectivity index (χ1) is 13.9. The zero-order valence-corrected chi connectivity index (χ0v) is 16.1. The number of hydrogen-bond donors (Lipinski definition) is 2. The highest BCUT2D eigenvalue weighted by Crippen LogP contribution is 2.44. The summed E-state index contributed by atoms with van der Waals surface area (Å²) in [6.45, 7) is 2.86. The van der Waals surface area contributed by atoms with E-state index in [2.05, 4.69) is 10.6 Å². The van der Waals surface area contributed by atoms with Crippen LogP contribution in [0, 0.1) is 5.82 Å². The number of rotatable bonds is 4. The minimum atomic E-state index is -0.749. The summed E-state index contributed by atoms with van der Waals surface area (Å²) in [5.74, 6) is -1.95. The van der Waals surface area contributed by atoms with Gasteiger partial charge in [0.15, 0.2) is 0 Å². The molecule has 4 rings (SSSR count). The van der Waals surface area contributed by atoms with Gasteiger partial charge in [-0.25, -0.2) is 4.39 Å². The number of nitrogens with one attached hydrogen (secondary N) is 2. The first-order valence-corrected chi connectivity index (χ1v) is 9.76. The maximum absolute atomic E-state index is 12.9. The van der Waals surface area contributed by atoms with E-state index in [4.69, 9.17) is 0 Å². The Kier molecular flexibility index (Phi) is 5.05. The Labute approximate surface area is 168 Å². The van der Waals surface area contributed by atoms with Crippen LogP contribution in [0.3, 0.4) is 0 Å². The summed E-state index contributed by atoms with van der Waals surface area (Å²) in [6.07, 6.45) is 2.22. The normalized spacial score (nSPS) is 17.1. The molecule has 0 aromatic heterocycles. The lowest BCUT2D eigenvalue weighted by Crippen LogP contribution is -2.36. The van der Waals surface area contributed by atoms with Gasteiger partial charge < -0.3 is 15.5 Å². The van der Waals surface area contributed by atoms with Gasteiger partial charge in [0.2, 0.25) is 5.91 Å². The molecule has 29 heavy (non-hydrogen) atoms. The molecule has 7 heteroatoms. The molecule has 2 aromatic rings. The van der Waals surface area contributed by atoms with E-state index in [0.717, 1.165) is 41.8 Å². The molecule has 6 nitrogen and oxygen atoms in total. The summed E-state index contributed by atoms with van der Waals surface area (Å²) in [4.78, 5) is 38.6. The number of hydrogen-bond acceptors (Lipinski definition) is 3. The molecule has 0 aliphatic carbocycles. The average Bonchev–Trinajstić information content (AvgIpc) is 2.96. The highest BCUT2D eigenvalue weighted by Gasteiger charge is 2.38. The summed E-state index contributed by atoms with van der Waals surface area (Å²) in [5, 5.41) is 5.22. The van der Waals surface area contributed by atoms with Crippen molar-refractivity contribution < 1.29 is 18.8 Å². The molecule has 0 radical (unpaired) electrons. The Morgan fingerprint density at radius 3 is 2.69 bits per heavy atom. The number of anilines is 2. The lowest BCUT2D eigenvalue weighted by Gasteiger charge is -2.26. The van der Waals surface area contributed by atoms with Crippen LogP contribution in [0.5, 0.6) is 0 Å². The molecule has 2 N–H and O–H groups in total. The van der Waals surface area contributed by atoms with E-state index < -0.39 is 11.8 Å². The minimum absolute atomic E-state index is 0.0861. The number of amides is 3. The van der Waals surface area contributed by atoms with Crippen LogP contribution in [0.15, 0.2) is 36.4 Å². The fraction of sp³-hybridized carbons (Fsp3) is 0.318. The van der Waals surface area contributed by atoms with Crippen LogP contribution in [-0.2, 0) is 27.2 Å². The second kappa shape index (κ2) is 7.66. The van der Waals surface area contributed by atoms with Crippen molar-refractivity contribution in [3.63, 3.8) is 0 Å². The summed E-state index contributed by atoms with van der Waals surface area (Å²) < 4.78 is 12.9. The fourth-order valence-electron chi connectivity index (χ4n) is 4.01. The van der Waals surface area contributed by atoms with Crippen molar-refractivity contribution in [3.05, 3.63) is 58.9 Å². The molecule has 2 aliphatic heterocycles. The third-order valence-corrected chi connectivity index (χ3v) is 5.50. The van der Waals surface area contributed by atoms with Gasteiger partial charge in [-0.2, -0.15) is 0 Å². The van der Waals surface area contributed by atoms with Crippen LogP contribution in [-0.4, -0.2) is 30.8 Å². The van der Waals surface area contributed by atoms with E-state index in [0.29, 0.717) is 12.1 Å². The zero-order chi connectivity index (χ0) is 20.5. The molecule has 150 valence electrons. The Hall–Kier alpha value is -3.22. The molecule has 1 unspecified atom stereocenters. The average molecular weight is 395 g/mol. The molecule has 0 saturated carbocycles. The quantitative estimate of drug-likeness (QED) is 0.781. The molecular weight excluding hydrogens is 373 g/mol. The van der Waals surface area contributed by atoms with Crippen LogP contribution in [0.1, 0.15) is 36.0 Å². The first-order valence-electron chi connectivity index (χ1n) is 9.76. The molecule has 2 aliphatic rings. The molecule has 2 aromatic carbocycles. The van der Waals surface area contributed by atoms with Gasteiger partial charge in [-0.3, -0.25) is 14.4 Å². The number of benzene rings is 2. The topological polar surface area (TPSA) is 78.5 Å². The predicted octanol–water partition coefficient (Wildman–Crippen LogP) is 2.52. The van der Waals surface area contributed by atoms with Crippen LogP contribution in [0.25, 0.3) is 0 Å². The van der Waals surface area contributed by atoms with E-state index in [9.17, 15) is 18.8 Å². The van der Waals surface area contributed by atoms with Gasteiger partial charge in [-0.05, 0) is 67.1 Å². The highest BCUT2D eigenvalue weighted by molar-refractivity contribution is 6.39. The van der Waals surface area contributed by atoms with Crippen molar-refractivity contribution in [1.29, 1.82) is 0 Å². The molecule has 0 saturated heterocycles. The van der Waals surface area contributed by atoms with Crippen molar-refractivity contribution in [2.45, 2.75) is 32.1 Å². The second-order valence-electron chi connectivity index (χ2n) is 7.47. The summed E-state index contributed by atoms with van der Waals surface area (Å²) in [7, 11) is 0. The SMILES string of the molecule is CC1C(=O)N2CCCc3cc(NC(=O)C(=O)NCCc4ccc(F)cc4)cc1c32. The summed E-state index contributed by atoms with van der Waals surface area (Å²) >= 11 is 0. The van der Waals surface area contributed by atoms with Crippen LogP contribution >= 0.6 is 0 Å². The van der Waals surface area contributed by atoms with Gasteiger partial charge in [0.25, 0.3) is 0 Å².